The van der Waals surface area contributed by atoms with E-state index in [1.54, 1.807) is 0 Å². The number of hydrogen-bond acceptors (Lipinski definition) is 3. The third-order valence-electron chi connectivity index (χ3n) is 11.0. The molecule has 0 spiro atoms. The van der Waals surface area contributed by atoms with Crippen LogP contribution in [0.4, 0.5) is 0 Å². The lowest BCUT2D eigenvalue weighted by Gasteiger charge is -2.60. The molecule has 0 aliphatic heterocycles. The number of hydrogen-bond donors (Lipinski definition) is 0. The molecular formula is C29H48O3. The number of carbonyl (C=O) groups excluding carboxylic acids is 2. The highest BCUT2D eigenvalue weighted by atomic mass is 16.5. The maximum Gasteiger partial charge on any atom is 0.302 e. The summed E-state index contributed by atoms with van der Waals surface area (Å²) in [6.45, 7) is 13.7. The lowest BCUT2D eigenvalue weighted by molar-refractivity contribution is -0.168. The highest BCUT2D eigenvalue weighted by molar-refractivity contribution is 5.83. The topological polar surface area (TPSA) is 43.4 Å². The van der Waals surface area contributed by atoms with E-state index in [2.05, 4.69) is 34.6 Å². The molecule has 4 aliphatic carbocycles. The van der Waals surface area contributed by atoms with Crippen molar-refractivity contribution in [3.8, 4) is 0 Å². The molecule has 4 fully saturated rings. The Hall–Kier alpha value is -0.860. The third-order valence-corrected chi connectivity index (χ3v) is 11.0. The molecule has 0 aromatic rings. The van der Waals surface area contributed by atoms with Crippen LogP contribution in [0.25, 0.3) is 0 Å². The molecule has 4 rings (SSSR count). The second-order valence-electron chi connectivity index (χ2n) is 13.1. The second-order valence-corrected chi connectivity index (χ2v) is 13.1. The van der Waals surface area contributed by atoms with Gasteiger partial charge in [0.15, 0.2) is 0 Å². The first-order valence-electron chi connectivity index (χ1n) is 13.8. The normalized spacial score (nSPS) is 44.5. The van der Waals surface area contributed by atoms with Gasteiger partial charge < -0.3 is 4.74 Å². The van der Waals surface area contributed by atoms with Gasteiger partial charge in [-0.3, -0.25) is 9.59 Å². The zero-order valence-electron chi connectivity index (χ0n) is 21.6. The molecule has 4 unspecified atom stereocenters. The number of ether oxygens (including phenoxy) is 1. The van der Waals surface area contributed by atoms with E-state index in [1.807, 2.05) is 0 Å². The quantitative estimate of drug-likeness (QED) is 0.406. The Bertz CT molecular complexity index is 713. The average molecular weight is 445 g/mol. The van der Waals surface area contributed by atoms with Crippen molar-refractivity contribution >= 4 is 11.8 Å². The van der Waals surface area contributed by atoms with E-state index in [1.165, 1.54) is 51.9 Å². The summed E-state index contributed by atoms with van der Waals surface area (Å²) in [5.74, 6) is 4.56. The summed E-state index contributed by atoms with van der Waals surface area (Å²) in [7, 11) is 0. The minimum Gasteiger partial charge on any atom is -0.463 e. The van der Waals surface area contributed by atoms with Gasteiger partial charge in [0.1, 0.15) is 11.9 Å². The molecule has 0 bridgehead atoms. The smallest absolute Gasteiger partial charge is 0.302 e. The monoisotopic (exact) mass is 444 g/mol. The van der Waals surface area contributed by atoms with E-state index in [9.17, 15) is 9.59 Å². The van der Waals surface area contributed by atoms with Crippen molar-refractivity contribution < 1.29 is 14.3 Å². The van der Waals surface area contributed by atoms with E-state index in [-0.39, 0.29) is 23.4 Å². The molecule has 0 N–H and O–H groups in total. The highest BCUT2D eigenvalue weighted by Gasteiger charge is 2.63. The Morgan fingerprint density at radius 1 is 1.00 bits per heavy atom. The van der Waals surface area contributed by atoms with Crippen LogP contribution in [0.15, 0.2) is 0 Å². The van der Waals surface area contributed by atoms with Gasteiger partial charge in [0.05, 0.1) is 0 Å². The molecule has 9 atom stereocenters. The van der Waals surface area contributed by atoms with Crippen molar-refractivity contribution in [2.75, 3.05) is 0 Å². The van der Waals surface area contributed by atoms with Gasteiger partial charge in [0, 0.05) is 19.3 Å². The second kappa shape index (κ2) is 9.06. The summed E-state index contributed by atoms with van der Waals surface area (Å²) in [5.41, 5.74) is 0.601. The van der Waals surface area contributed by atoms with Crippen LogP contribution in [0.1, 0.15) is 112 Å². The Kier molecular flexibility index (Phi) is 6.87. The number of Topliss-reactive ketones (excluding diaryl/α,β-unsaturated/α-hetero) is 1. The molecule has 3 heteroatoms. The fourth-order valence-electron chi connectivity index (χ4n) is 9.26. The van der Waals surface area contributed by atoms with Crippen molar-refractivity contribution in [1.82, 2.24) is 0 Å². The van der Waals surface area contributed by atoms with E-state index in [0.29, 0.717) is 29.0 Å². The fourth-order valence-corrected chi connectivity index (χ4v) is 9.26. The molecule has 0 heterocycles. The summed E-state index contributed by atoms with van der Waals surface area (Å²) in [5, 5.41) is 0. The molecule has 0 radical (unpaired) electrons. The van der Waals surface area contributed by atoms with E-state index in [4.69, 9.17) is 4.74 Å². The van der Waals surface area contributed by atoms with Gasteiger partial charge in [-0.2, -0.15) is 0 Å². The molecule has 0 aromatic carbocycles. The van der Waals surface area contributed by atoms with Gasteiger partial charge in [-0.25, -0.2) is 0 Å². The predicted octanol–water partition coefficient (Wildman–Crippen LogP) is 7.22. The zero-order valence-corrected chi connectivity index (χ0v) is 21.6. The number of esters is 1. The molecule has 0 amide bonds. The summed E-state index contributed by atoms with van der Waals surface area (Å²) in [6.07, 6.45) is 12.9. The summed E-state index contributed by atoms with van der Waals surface area (Å²) >= 11 is 0. The van der Waals surface area contributed by atoms with Crippen LogP contribution >= 0.6 is 0 Å². The summed E-state index contributed by atoms with van der Waals surface area (Å²) < 4.78 is 5.58. The van der Waals surface area contributed by atoms with Gasteiger partial charge >= 0.3 is 5.97 Å². The Labute approximate surface area is 196 Å². The van der Waals surface area contributed by atoms with Gasteiger partial charge in [-0.05, 0) is 91.3 Å². The first kappa shape index (κ1) is 24.3. The molecule has 32 heavy (non-hydrogen) atoms. The minimum atomic E-state index is -0.174. The van der Waals surface area contributed by atoms with Crippen molar-refractivity contribution in [2.24, 2.45) is 52.3 Å². The van der Waals surface area contributed by atoms with Crippen LogP contribution in [0.5, 0.6) is 0 Å². The summed E-state index contributed by atoms with van der Waals surface area (Å²) in [4.78, 5) is 25.2. The molecule has 4 saturated carbocycles. The molecular weight excluding hydrogens is 396 g/mol. The van der Waals surface area contributed by atoms with Gasteiger partial charge in [0.25, 0.3) is 0 Å². The Morgan fingerprint density at radius 2 is 1.69 bits per heavy atom. The molecule has 3 nitrogen and oxygen atoms in total. The maximum atomic E-state index is 13.7. The van der Waals surface area contributed by atoms with Crippen molar-refractivity contribution in [3.63, 3.8) is 0 Å². The number of ketones is 1. The first-order chi connectivity index (χ1) is 15.1. The third kappa shape index (κ3) is 4.20. The van der Waals surface area contributed by atoms with Crippen molar-refractivity contribution in [2.45, 2.75) is 118 Å². The molecule has 0 saturated heterocycles. The van der Waals surface area contributed by atoms with Crippen molar-refractivity contribution in [3.05, 3.63) is 0 Å². The Balaban J connectivity index is 1.48. The van der Waals surface area contributed by atoms with Crippen LogP contribution in [0, 0.1) is 52.3 Å². The van der Waals surface area contributed by atoms with Crippen LogP contribution < -0.4 is 0 Å². The SMILES string of the molecule is CC(=O)O[C@H]1CC[C@]2(C)C3CC[C@@]4(C)C(CCC4[C@H](C)CCCC(C)C)C3C(=O)C[C@H]2C1. The van der Waals surface area contributed by atoms with Crippen LogP contribution in [0.2, 0.25) is 0 Å². The lowest BCUT2D eigenvalue weighted by Crippen LogP contribution is -2.57. The summed E-state index contributed by atoms with van der Waals surface area (Å²) in [6, 6.07) is 0. The van der Waals surface area contributed by atoms with Crippen molar-refractivity contribution in [1.29, 1.82) is 0 Å². The van der Waals surface area contributed by atoms with Crippen LogP contribution in [-0.4, -0.2) is 17.9 Å². The molecule has 182 valence electrons. The van der Waals surface area contributed by atoms with Gasteiger partial charge in [0.2, 0.25) is 0 Å². The van der Waals surface area contributed by atoms with Gasteiger partial charge in [-0.15, -0.1) is 0 Å². The lowest BCUT2D eigenvalue weighted by atomic mass is 9.44. The average Bonchev–Trinajstić information content (AvgIpc) is 3.05. The van der Waals surface area contributed by atoms with E-state index in [0.717, 1.165) is 43.4 Å². The Morgan fingerprint density at radius 3 is 2.38 bits per heavy atom. The first-order valence-corrected chi connectivity index (χ1v) is 13.8. The minimum absolute atomic E-state index is 0.0198. The van der Waals surface area contributed by atoms with E-state index >= 15 is 0 Å². The zero-order chi connectivity index (χ0) is 23.3. The predicted molar refractivity (Wildman–Crippen MR) is 129 cm³/mol. The molecule has 0 aromatic heterocycles. The largest absolute Gasteiger partial charge is 0.463 e. The fraction of sp³-hybridized carbons (Fsp3) is 0.931. The van der Waals surface area contributed by atoms with Gasteiger partial charge in [-0.1, -0.05) is 53.9 Å². The van der Waals surface area contributed by atoms with Crippen LogP contribution in [-0.2, 0) is 14.3 Å². The van der Waals surface area contributed by atoms with Crippen LogP contribution in [0.3, 0.4) is 0 Å². The maximum absolute atomic E-state index is 13.7. The number of rotatable bonds is 6. The van der Waals surface area contributed by atoms with E-state index < -0.39 is 0 Å². The number of fused-ring (bicyclic) bond motifs is 5. The highest BCUT2D eigenvalue weighted by Crippen LogP contribution is 2.67. The molecule has 4 aliphatic rings. The number of carbonyl (C=O) groups is 2. The standard InChI is InChI=1S/C29H48O3/c1-18(2)8-7-9-19(3)23-10-11-24-27-25(13-15-29(23,24)6)28(5)14-12-22(32-20(4)30)16-21(28)17-26(27)31/h18-19,21-25,27H,7-17H2,1-6H3/t19-,21-,22+,23?,24?,25?,27?,28+,29-/m1/s1.